The summed E-state index contributed by atoms with van der Waals surface area (Å²) >= 11 is 1.79. The number of rotatable bonds is 12. The first-order valence-corrected chi connectivity index (χ1v) is 9.94. The van der Waals surface area contributed by atoms with Crippen LogP contribution in [-0.2, 0) is 12.8 Å². The average molecular weight is 364 g/mol. The standard InChI is InChI=1S/C19H29N3O2S/c23-14-4-2-1-3-11-20-19(21-12-9-17-7-5-15-24-17)22-13-10-18-8-6-16-25-18/h5-8,15-16,23H,1-4,9-14H2,(H2,20,21,22). The van der Waals surface area contributed by atoms with Crippen LogP contribution in [0.5, 0.6) is 0 Å². The zero-order chi connectivity index (χ0) is 17.6. The SMILES string of the molecule is OCCCCCCN=C(NCCc1ccco1)NCCc1cccs1. The molecule has 0 atom stereocenters. The molecule has 3 N–H and O–H groups in total. The first-order chi connectivity index (χ1) is 12.4. The molecule has 0 aliphatic carbocycles. The molecular formula is C19H29N3O2S. The molecule has 0 saturated heterocycles. The molecule has 2 aromatic rings. The third-order valence-electron chi connectivity index (χ3n) is 3.82. The lowest BCUT2D eigenvalue weighted by molar-refractivity contribution is 0.282. The van der Waals surface area contributed by atoms with E-state index in [-0.39, 0.29) is 6.61 Å². The summed E-state index contributed by atoms with van der Waals surface area (Å²) in [5, 5.41) is 17.7. The van der Waals surface area contributed by atoms with Gasteiger partial charge in [-0.15, -0.1) is 11.3 Å². The Balaban J connectivity index is 1.70. The molecule has 0 fully saturated rings. The number of aliphatic hydroxyl groups is 1. The lowest BCUT2D eigenvalue weighted by Crippen LogP contribution is -2.39. The second-order valence-corrected chi connectivity index (χ2v) is 6.91. The lowest BCUT2D eigenvalue weighted by atomic mass is 10.2. The fourth-order valence-electron chi connectivity index (χ4n) is 2.46. The molecule has 138 valence electrons. The first kappa shape index (κ1) is 19.5. The molecule has 6 heteroatoms. The maximum Gasteiger partial charge on any atom is 0.191 e. The number of aliphatic hydroxyl groups excluding tert-OH is 1. The van der Waals surface area contributed by atoms with Crippen molar-refractivity contribution in [3.63, 3.8) is 0 Å². The van der Waals surface area contributed by atoms with Crippen LogP contribution >= 0.6 is 11.3 Å². The molecule has 0 spiro atoms. The number of nitrogens with zero attached hydrogens (tertiary/aromatic N) is 1. The normalized spacial score (nSPS) is 11.6. The highest BCUT2D eigenvalue weighted by atomic mass is 32.1. The largest absolute Gasteiger partial charge is 0.469 e. The van der Waals surface area contributed by atoms with Crippen molar-refractivity contribution in [2.45, 2.75) is 38.5 Å². The number of furan rings is 1. The van der Waals surface area contributed by atoms with Crippen LogP contribution in [0, 0.1) is 0 Å². The van der Waals surface area contributed by atoms with Gasteiger partial charge in [-0.05, 0) is 42.8 Å². The van der Waals surface area contributed by atoms with Gasteiger partial charge in [-0.25, -0.2) is 0 Å². The van der Waals surface area contributed by atoms with Gasteiger partial charge in [-0.1, -0.05) is 18.9 Å². The third kappa shape index (κ3) is 8.74. The van der Waals surface area contributed by atoms with Crippen LogP contribution in [0.4, 0.5) is 0 Å². The summed E-state index contributed by atoms with van der Waals surface area (Å²) in [4.78, 5) is 6.04. The Morgan fingerprint density at radius 2 is 1.88 bits per heavy atom. The van der Waals surface area contributed by atoms with Gasteiger partial charge in [0.25, 0.3) is 0 Å². The number of hydrogen-bond donors (Lipinski definition) is 3. The van der Waals surface area contributed by atoms with Crippen molar-refractivity contribution in [3.05, 3.63) is 46.5 Å². The maximum absolute atomic E-state index is 8.81. The molecule has 2 heterocycles. The van der Waals surface area contributed by atoms with Gasteiger partial charge in [0.2, 0.25) is 0 Å². The smallest absolute Gasteiger partial charge is 0.191 e. The minimum absolute atomic E-state index is 0.285. The topological polar surface area (TPSA) is 69.8 Å². The highest BCUT2D eigenvalue weighted by Crippen LogP contribution is 2.08. The molecule has 0 saturated carbocycles. The summed E-state index contributed by atoms with van der Waals surface area (Å²) in [6, 6.07) is 8.15. The summed E-state index contributed by atoms with van der Waals surface area (Å²) in [6.45, 7) is 2.76. The quantitative estimate of drug-likeness (QED) is 0.308. The minimum Gasteiger partial charge on any atom is -0.469 e. The van der Waals surface area contributed by atoms with Crippen molar-refractivity contribution in [3.8, 4) is 0 Å². The molecule has 0 bridgehead atoms. The van der Waals surface area contributed by atoms with Gasteiger partial charge < -0.3 is 20.2 Å². The van der Waals surface area contributed by atoms with Gasteiger partial charge in [0.05, 0.1) is 6.26 Å². The molecule has 2 rings (SSSR count). The number of nitrogens with one attached hydrogen (secondary N) is 2. The van der Waals surface area contributed by atoms with Gasteiger partial charge in [-0.2, -0.15) is 0 Å². The van der Waals surface area contributed by atoms with E-state index in [1.807, 2.05) is 12.1 Å². The van der Waals surface area contributed by atoms with Crippen molar-refractivity contribution < 1.29 is 9.52 Å². The van der Waals surface area contributed by atoms with E-state index in [0.717, 1.165) is 69.9 Å². The van der Waals surface area contributed by atoms with Crippen molar-refractivity contribution >= 4 is 17.3 Å². The van der Waals surface area contributed by atoms with E-state index in [1.54, 1.807) is 17.6 Å². The zero-order valence-electron chi connectivity index (χ0n) is 14.7. The number of thiophene rings is 1. The van der Waals surface area contributed by atoms with Gasteiger partial charge in [0.15, 0.2) is 5.96 Å². The summed E-state index contributed by atoms with van der Waals surface area (Å²) in [7, 11) is 0. The Morgan fingerprint density at radius 1 is 1.04 bits per heavy atom. The highest BCUT2D eigenvalue weighted by Gasteiger charge is 2.01. The third-order valence-corrected chi connectivity index (χ3v) is 4.76. The Kier molecular flexibility index (Phi) is 9.81. The van der Waals surface area contributed by atoms with E-state index in [9.17, 15) is 0 Å². The molecule has 0 aliphatic rings. The fraction of sp³-hybridized carbons (Fsp3) is 0.526. The van der Waals surface area contributed by atoms with Gasteiger partial charge >= 0.3 is 0 Å². The maximum atomic E-state index is 8.81. The number of guanidine groups is 1. The second kappa shape index (κ2) is 12.6. The summed E-state index contributed by atoms with van der Waals surface area (Å²) < 4.78 is 5.36. The first-order valence-electron chi connectivity index (χ1n) is 9.06. The van der Waals surface area contributed by atoms with Crippen molar-refractivity contribution in [1.82, 2.24) is 10.6 Å². The predicted molar refractivity (Wildman–Crippen MR) is 104 cm³/mol. The predicted octanol–water partition coefficient (Wildman–Crippen LogP) is 3.21. The number of aliphatic imine (C=N–C) groups is 1. The van der Waals surface area contributed by atoms with Crippen molar-refractivity contribution in [2.24, 2.45) is 4.99 Å². The van der Waals surface area contributed by atoms with E-state index in [4.69, 9.17) is 9.52 Å². The molecule has 0 radical (unpaired) electrons. The van der Waals surface area contributed by atoms with E-state index < -0.39 is 0 Å². The van der Waals surface area contributed by atoms with Crippen molar-refractivity contribution in [2.75, 3.05) is 26.2 Å². The molecule has 2 aromatic heterocycles. The highest BCUT2D eigenvalue weighted by molar-refractivity contribution is 7.09. The fourth-order valence-corrected chi connectivity index (χ4v) is 3.17. The summed E-state index contributed by atoms with van der Waals surface area (Å²) in [5.74, 6) is 1.85. The van der Waals surface area contributed by atoms with E-state index >= 15 is 0 Å². The number of unbranched alkanes of at least 4 members (excludes halogenated alkanes) is 3. The lowest BCUT2D eigenvalue weighted by Gasteiger charge is -2.12. The number of hydrogen-bond acceptors (Lipinski definition) is 4. The van der Waals surface area contributed by atoms with Gasteiger partial charge in [0.1, 0.15) is 5.76 Å². The van der Waals surface area contributed by atoms with E-state index in [0.29, 0.717) is 0 Å². The molecule has 25 heavy (non-hydrogen) atoms. The minimum atomic E-state index is 0.285. The second-order valence-electron chi connectivity index (χ2n) is 5.88. The van der Waals surface area contributed by atoms with Crippen LogP contribution in [0.15, 0.2) is 45.3 Å². The summed E-state index contributed by atoms with van der Waals surface area (Å²) in [6.07, 6.45) is 7.67. The molecular weight excluding hydrogens is 334 g/mol. The molecule has 0 amide bonds. The zero-order valence-corrected chi connectivity index (χ0v) is 15.6. The molecule has 0 aromatic carbocycles. The van der Waals surface area contributed by atoms with E-state index in [1.165, 1.54) is 4.88 Å². The Labute approximate surface area is 154 Å². The van der Waals surface area contributed by atoms with Gasteiger partial charge in [-0.3, -0.25) is 4.99 Å². The van der Waals surface area contributed by atoms with Crippen molar-refractivity contribution in [1.29, 1.82) is 0 Å². The average Bonchev–Trinajstić information content (AvgIpc) is 3.31. The van der Waals surface area contributed by atoms with Crippen LogP contribution in [0.3, 0.4) is 0 Å². The Hall–Kier alpha value is -1.79. The monoisotopic (exact) mass is 363 g/mol. The van der Waals surface area contributed by atoms with Crippen LogP contribution in [0.2, 0.25) is 0 Å². The van der Waals surface area contributed by atoms with E-state index in [2.05, 4.69) is 33.1 Å². The van der Waals surface area contributed by atoms with Crippen LogP contribution in [0.25, 0.3) is 0 Å². The van der Waals surface area contributed by atoms with Gasteiger partial charge in [0, 0.05) is 37.5 Å². The van der Waals surface area contributed by atoms with Crippen LogP contribution in [-0.4, -0.2) is 37.3 Å². The Morgan fingerprint density at radius 3 is 2.60 bits per heavy atom. The Bertz CT molecular complexity index is 525. The van der Waals surface area contributed by atoms with Crippen LogP contribution < -0.4 is 10.6 Å². The summed E-state index contributed by atoms with van der Waals surface area (Å²) in [5.41, 5.74) is 0. The molecule has 0 unspecified atom stereocenters. The molecule has 0 aliphatic heterocycles. The molecule has 5 nitrogen and oxygen atoms in total. The van der Waals surface area contributed by atoms with Crippen LogP contribution in [0.1, 0.15) is 36.3 Å².